The molecule has 0 unspecified atom stereocenters. The van der Waals surface area contributed by atoms with Gasteiger partial charge in [0, 0.05) is 38.4 Å². The number of carbonyl (C=O) groups is 3. The molecule has 2 saturated heterocycles. The molecule has 0 aliphatic carbocycles. The normalized spacial score (nSPS) is 19.6. The Morgan fingerprint density at radius 2 is 1.94 bits per heavy atom. The fourth-order valence-electron chi connectivity index (χ4n) is 4.49. The molecule has 32 heavy (non-hydrogen) atoms. The van der Waals surface area contributed by atoms with Crippen LogP contribution < -0.4 is 5.32 Å². The van der Waals surface area contributed by atoms with Gasteiger partial charge in [-0.15, -0.1) is 0 Å². The maximum absolute atomic E-state index is 13.2. The summed E-state index contributed by atoms with van der Waals surface area (Å²) >= 11 is 0. The fourth-order valence-corrected chi connectivity index (χ4v) is 4.49. The zero-order valence-electron chi connectivity index (χ0n) is 19.5. The van der Waals surface area contributed by atoms with E-state index in [0.717, 1.165) is 52.1 Å². The number of ether oxygens (including phenoxy) is 2. The first kappa shape index (κ1) is 24.3. The third-order valence-electron chi connectivity index (χ3n) is 6.26. The number of esters is 1. The lowest BCUT2D eigenvalue weighted by Gasteiger charge is -2.32. The molecule has 3 rings (SSSR count). The number of carbonyl (C=O) groups excluding carboxylic acids is 3. The van der Waals surface area contributed by atoms with E-state index in [0.29, 0.717) is 42.1 Å². The van der Waals surface area contributed by atoms with Gasteiger partial charge in [0.25, 0.3) is 5.91 Å². The highest BCUT2D eigenvalue weighted by Crippen LogP contribution is 2.23. The Kier molecular flexibility index (Phi) is 8.69. The molecule has 2 aliphatic heterocycles. The van der Waals surface area contributed by atoms with Crippen LogP contribution in [0.4, 0.5) is 0 Å². The molecule has 0 spiro atoms. The molecular formula is C23H36N4O5. The summed E-state index contributed by atoms with van der Waals surface area (Å²) in [6.45, 7) is 11.6. The molecule has 9 heteroatoms. The van der Waals surface area contributed by atoms with Gasteiger partial charge in [-0.3, -0.25) is 14.5 Å². The summed E-state index contributed by atoms with van der Waals surface area (Å²) in [5.74, 6) is -0.801. The Labute approximate surface area is 189 Å². The Morgan fingerprint density at radius 1 is 1.19 bits per heavy atom. The van der Waals surface area contributed by atoms with Gasteiger partial charge in [-0.1, -0.05) is 0 Å². The van der Waals surface area contributed by atoms with Crippen molar-refractivity contribution in [1.29, 1.82) is 0 Å². The molecule has 0 aromatic carbocycles. The Hall–Kier alpha value is -2.39. The van der Waals surface area contributed by atoms with E-state index < -0.39 is 5.97 Å². The SMILES string of the molecule is CCOC(=O)c1c(C)[nH]c(C(=O)N2CCC[C@@H](C(=O)NCCCN3CCOCC3)C2)c1C. The molecule has 2 aliphatic rings. The maximum Gasteiger partial charge on any atom is 0.340 e. The lowest BCUT2D eigenvalue weighted by atomic mass is 9.96. The number of nitrogens with zero attached hydrogens (tertiary/aromatic N) is 2. The zero-order valence-corrected chi connectivity index (χ0v) is 19.5. The number of rotatable bonds is 8. The maximum atomic E-state index is 13.2. The Balaban J connectivity index is 1.52. The third kappa shape index (κ3) is 5.89. The second-order valence-corrected chi connectivity index (χ2v) is 8.53. The standard InChI is InChI=1S/C23H36N4O5/c1-4-32-23(30)19-16(2)20(25-17(19)3)22(29)27-10-5-7-18(15-27)21(28)24-8-6-9-26-11-13-31-14-12-26/h18,25H,4-15H2,1-3H3,(H,24,28)/t18-/m1/s1. The number of hydrogen-bond donors (Lipinski definition) is 2. The molecule has 0 radical (unpaired) electrons. The molecule has 0 saturated carbocycles. The van der Waals surface area contributed by atoms with Gasteiger partial charge in [-0.2, -0.15) is 0 Å². The predicted molar refractivity (Wildman–Crippen MR) is 120 cm³/mol. The van der Waals surface area contributed by atoms with Crippen LogP contribution in [0.5, 0.6) is 0 Å². The smallest absolute Gasteiger partial charge is 0.340 e. The van der Waals surface area contributed by atoms with Crippen molar-refractivity contribution in [3.05, 3.63) is 22.5 Å². The molecule has 3 heterocycles. The van der Waals surface area contributed by atoms with E-state index in [1.54, 1.807) is 25.7 Å². The van der Waals surface area contributed by atoms with Gasteiger partial charge in [0.2, 0.25) is 5.91 Å². The molecule has 2 fully saturated rings. The van der Waals surface area contributed by atoms with Gasteiger partial charge in [0.1, 0.15) is 5.69 Å². The summed E-state index contributed by atoms with van der Waals surface area (Å²) in [4.78, 5) is 45.2. The number of H-pyrrole nitrogens is 1. The van der Waals surface area contributed by atoms with Crippen LogP contribution in [0.25, 0.3) is 0 Å². The highest BCUT2D eigenvalue weighted by molar-refractivity contribution is 6.00. The molecule has 9 nitrogen and oxygen atoms in total. The van der Waals surface area contributed by atoms with E-state index in [1.807, 2.05) is 0 Å². The van der Waals surface area contributed by atoms with Crippen LogP contribution in [0.2, 0.25) is 0 Å². The molecule has 1 atom stereocenters. The first-order valence-corrected chi connectivity index (χ1v) is 11.7. The molecule has 2 N–H and O–H groups in total. The second-order valence-electron chi connectivity index (χ2n) is 8.53. The largest absolute Gasteiger partial charge is 0.462 e. The summed E-state index contributed by atoms with van der Waals surface area (Å²) in [5, 5.41) is 3.04. The number of aromatic amines is 1. The minimum Gasteiger partial charge on any atom is -0.462 e. The van der Waals surface area contributed by atoms with Crippen LogP contribution >= 0.6 is 0 Å². The van der Waals surface area contributed by atoms with Crippen molar-refractivity contribution >= 4 is 17.8 Å². The van der Waals surface area contributed by atoms with Crippen molar-refractivity contribution in [3.63, 3.8) is 0 Å². The summed E-state index contributed by atoms with van der Waals surface area (Å²) < 4.78 is 10.5. The van der Waals surface area contributed by atoms with Gasteiger partial charge < -0.3 is 24.7 Å². The van der Waals surface area contributed by atoms with E-state index in [1.165, 1.54) is 0 Å². The predicted octanol–water partition coefficient (Wildman–Crippen LogP) is 1.50. The number of likely N-dealkylation sites (tertiary alicyclic amines) is 1. The Bertz CT molecular complexity index is 816. The average Bonchev–Trinajstić information content (AvgIpc) is 3.10. The molecule has 178 valence electrons. The number of aromatic nitrogens is 1. The van der Waals surface area contributed by atoms with Crippen molar-refractivity contribution in [2.45, 2.75) is 40.0 Å². The molecule has 2 amide bonds. The number of amides is 2. The fraction of sp³-hybridized carbons (Fsp3) is 0.696. The minimum absolute atomic E-state index is 0.0103. The molecule has 0 bridgehead atoms. The second kappa shape index (κ2) is 11.5. The van der Waals surface area contributed by atoms with Crippen LogP contribution in [0.1, 0.15) is 58.3 Å². The van der Waals surface area contributed by atoms with Crippen LogP contribution in [0.15, 0.2) is 0 Å². The molecular weight excluding hydrogens is 412 g/mol. The first-order valence-electron chi connectivity index (χ1n) is 11.7. The zero-order chi connectivity index (χ0) is 23.1. The number of hydrogen-bond acceptors (Lipinski definition) is 6. The van der Waals surface area contributed by atoms with E-state index >= 15 is 0 Å². The van der Waals surface area contributed by atoms with Crippen LogP contribution in [0.3, 0.4) is 0 Å². The number of aryl methyl sites for hydroxylation is 1. The van der Waals surface area contributed by atoms with Gasteiger partial charge in [-0.25, -0.2) is 4.79 Å². The molecule has 1 aromatic heterocycles. The quantitative estimate of drug-likeness (QED) is 0.461. The summed E-state index contributed by atoms with van der Waals surface area (Å²) in [7, 11) is 0. The van der Waals surface area contributed by atoms with Gasteiger partial charge in [0.15, 0.2) is 0 Å². The first-order chi connectivity index (χ1) is 15.4. The monoisotopic (exact) mass is 448 g/mol. The van der Waals surface area contributed by atoms with Gasteiger partial charge in [-0.05, 0) is 52.1 Å². The van der Waals surface area contributed by atoms with Crippen molar-refractivity contribution in [3.8, 4) is 0 Å². The van der Waals surface area contributed by atoms with Crippen LogP contribution in [-0.2, 0) is 14.3 Å². The summed E-state index contributed by atoms with van der Waals surface area (Å²) in [6.07, 6.45) is 2.45. The number of morpholine rings is 1. The Morgan fingerprint density at radius 3 is 2.66 bits per heavy atom. The highest BCUT2D eigenvalue weighted by atomic mass is 16.5. The average molecular weight is 449 g/mol. The highest BCUT2D eigenvalue weighted by Gasteiger charge is 2.31. The van der Waals surface area contributed by atoms with Crippen molar-refractivity contribution in [2.75, 3.05) is 59.1 Å². The topological polar surface area (TPSA) is 104 Å². The lowest BCUT2D eigenvalue weighted by molar-refractivity contribution is -0.126. The summed E-state index contributed by atoms with van der Waals surface area (Å²) in [5.41, 5.74) is 2.04. The van der Waals surface area contributed by atoms with E-state index in [9.17, 15) is 14.4 Å². The van der Waals surface area contributed by atoms with Gasteiger partial charge in [0.05, 0.1) is 31.3 Å². The van der Waals surface area contributed by atoms with E-state index in [-0.39, 0.29) is 24.3 Å². The molecule has 1 aromatic rings. The minimum atomic E-state index is -0.425. The van der Waals surface area contributed by atoms with Crippen molar-refractivity contribution < 1.29 is 23.9 Å². The van der Waals surface area contributed by atoms with Gasteiger partial charge >= 0.3 is 5.97 Å². The number of piperidine rings is 1. The third-order valence-corrected chi connectivity index (χ3v) is 6.26. The van der Waals surface area contributed by atoms with Crippen molar-refractivity contribution in [1.82, 2.24) is 20.1 Å². The van der Waals surface area contributed by atoms with Crippen LogP contribution in [0, 0.1) is 19.8 Å². The number of nitrogens with one attached hydrogen (secondary N) is 2. The van der Waals surface area contributed by atoms with E-state index in [4.69, 9.17) is 9.47 Å². The van der Waals surface area contributed by atoms with Crippen molar-refractivity contribution in [2.24, 2.45) is 5.92 Å². The van der Waals surface area contributed by atoms with Crippen LogP contribution in [-0.4, -0.2) is 91.7 Å². The van der Waals surface area contributed by atoms with E-state index in [2.05, 4.69) is 15.2 Å². The lowest BCUT2D eigenvalue weighted by Crippen LogP contribution is -2.46. The summed E-state index contributed by atoms with van der Waals surface area (Å²) in [6, 6.07) is 0.